The number of amides is 1. The molecular weight excluding hydrogens is 450 g/mol. The van der Waals surface area contributed by atoms with Crippen LogP contribution in [0.4, 0.5) is 0 Å². The smallest absolute Gasteiger partial charge is 0.251 e. The van der Waals surface area contributed by atoms with Gasteiger partial charge in [-0.2, -0.15) is 5.26 Å². The van der Waals surface area contributed by atoms with Crippen LogP contribution in [0.5, 0.6) is 11.5 Å². The fourth-order valence-corrected chi connectivity index (χ4v) is 5.60. The zero-order valence-electron chi connectivity index (χ0n) is 20.2. The Labute approximate surface area is 206 Å². The van der Waals surface area contributed by atoms with Gasteiger partial charge in [0.1, 0.15) is 23.1 Å². The maximum absolute atomic E-state index is 13.0. The van der Waals surface area contributed by atoms with Gasteiger partial charge in [0.15, 0.2) is 0 Å². The standard InChI is InChI=1S/C27H32ClN3O3/c1-26(2)14-18(15-27(3,4)31-26)30-25(32)17-10-11-24(21(28)13-17)34-23-8-5-7-19(20(23)16-29)22-9-6-12-33-22/h5,7-8,10-11,13,18,22,31H,6,9,12,14-15H2,1-4H3,(H,30,32). The van der Waals surface area contributed by atoms with Crippen molar-refractivity contribution in [3.63, 3.8) is 0 Å². The molecule has 2 aliphatic heterocycles. The largest absolute Gasteiger partial charge is 0.454 e. The highest BCUT2D eigenvalue weighted by molar-refractivity contribution is 6.32. The first-order valence-corrected chi connectivity index (χ1v) is 12.2. The van der Waals surface area contributed by atoms with E-state index < -0.39 is 0 Å². The van der Waals surface area contributed by atoms with E-state index in [2.05, 4.69) is 44.4 Å². The van der Waals surface area contributed by atoms with Gasteiger partial charge in [-0.05, 0) is 77.6 Å². The van der Waals surface area contributed by atoms with Crippen molar-refractivity contribution in [2.24, 2.45) is 0 Å². The van der Waals surface area contributed by atoms with Crippen molar-refractivity contribution in [1.29, 1.82) is 5.26 Å². The van der Waals surface area contributed by atoms with Crippen molar-refractivity contribution < 1.29 is 14.3 Å². The third kappa shape index (κ3) is 5.55. The van der Waals surface area contributed by atoms with Crippen molar-refractivity contribution in [3.05, 3.63) is 58.1 Å². The molecule has 2 saturated heterocycles. The topological polar surface area (TPSA) is 83.4 Å². The van der Waals surface area contributed by atoms with E-state index in [-0.39, 0.29) is 29.1 Å². The number of benzene rings is 2. The summed E-state index contributed by atoms with van der Waals surface area (Å²) in [4.78, 5) is 13.0. The molecule has 6 nitrogen and oxygen atoms in total. The second-order valence-electron chi connectivity index (χ2n) is 10.6. The van der Waals surface area contributed by atoms with Crippen LogP contribution in [0.1, 0.15) is 81.0 Å². The van der Waals surface area contributed by atoms with E-state index in [1.807, 2.05) is 12.1 Å². The lowest BCUT2D eigenvalue weighted by Crippen LogP contribution is -2.62. The van der Waals surface area contributed by atoms with Crippen molar-refractivity contribution in [3.8, 4) is 17.6 Å². The van der Waals surface area contributed by atoms with Crippen molar-refractivity contribution >= 4 is 17.5 Å². The minimum absolute atomic E-state index is 0.0622. The van der Waals surface area contributed by atoms with Gasteiger partial charge in [0.25, 0.3) is 5.91 Å². The Morgan fingerprint density at radius 3 is 2.53 bits per heavy atom. The van der Waals surface area contributed by atoms with Crippen LogP contribution in [0.3, 0.4) is 0 Å². The predicted molar refractivity (Wildman–Crippen MR) is 132 cm³/mol. The summed E-state index contributed by atoms with van der Waals surface area (Å²) in [5, 5.41) is 16.9. The summed E-state index contributed by atoms with van der Waals surface area (Å²) in [6, 6.07) is 12.8. The average Bonchev–Trinajstić information content (AvgIpc) is 3.27. The lowest BCUT2D eigenvalue weighted by atomic mass is 9.79. The molecule has 0 spiro atoms. The molecule has 180 valence electrons. The maximum Gasteiger partial charge on any atom is 0.251 e. The number of carbonyl (C=O) groups excluding carboxylic acids is 1. The number of piperidine rings is 1. The van der Waals surface area contributed by atoms with Crippen LogP contribution < -0.4 is 15.4 Å². The SMILES string of the molecule is CC1(C)CC(NC(=O)c2ccc(Oc3cccc(C4CCCO4)c3C#N)c(Cl)c2)CC(C)(C)N1. The zero-order valence-corrected chi connectivity index (χ0v) is 21.0. The molecule has 4 rings (SSSR count). The van der Waals surface area contributed by atoms with Crippen LogP contribution in [-0.4, -0.2) is 29.6 Å². The molecule has 2 aromatic carbocycles. The lowest BCUT2D eigenvalue weighted by molar-refractivity contribution is 0.0873. The van der Waals surface area contributed by atoms with Gasteiger partial charge < -0.3 is 20.1 Å². The van der Waals surface area contributed by atoms with Crippen LogP contribution >= 0.6 is 11.6 Å². The number of halogens is 1. The molecule has 0 aromatic heterocycles. The van der Waals surface area contributed by atoms with Crippen molar-refractivity contribution in [1.82, 2.24) is 10.6 Å². The number of nitriles is 1. The monoisotopic (exact) mass is 481 g/mol. The summed E-state index contributed by atoms with van der Waals surface area (Å²) in [6.07, 6.45) is 3.45. The number of hydrogen-bond acceptors (Lipinski definition) is 5. The molecule has 1 amide bonds. The van der Waals surface area contributed by atoms with Crippen LogP contribution in [-0.2, 0) is 4.74 Å². The minimum Gasteiger partial charge on any atom is -0.454 e. The minimum atomic E-state index is -0.162. The summed E-state index contributed by atoms with van der Waals surface area (Å²) in [6.45, 7) is 9.31. The number of carbonyl (C=O) groups is 1. The molecular formula is C27H32ClN3O3. The normalized spacial score (nSPS) is 21.6. The molecule has 2 N–H and O–H groups in total. The van der Waals surface area contributed by atoms with E-state index in [0.29, 0.717) is 34.3 Å². The molecule has 0 saturated carbocycles. The van der Waals surface area contributed by atoms with E-state index in [4.69, 9.17) is 21.1 Å². The molecule has 2 aromatic rings. The average molecular weight is 482 g/mol. The Kier molecular flexibility index (Phi) is 6.91. The van der Waals surface area contributed by atoms with E-state index in [1.54, 1.807) is 24.3 Å². The third-order valence-corrected chi connectivity index (χ3v) is 6.68. The lowest BCUT2D eigenvalue weighted by Gasteiger charge is -2.46. The molecule has 2 heterocycles. The van der Waals surface area contributed by atoms with Gasteiger partial charge in [-0.15, -0.1) is 0 Å². The van der Waals surface area contributed by atoms with Crippen molar-refractivity contribution in [2.45, 2.75) is 76.6 Å². The highest BCUT2D eigenvalue weighted by atomic mass is 35.5. The first-order valence-electron chi connectivity index (χ1n) is 11.8. The highest BCUT2D eigenvalue weighted by Gasteiger charge is 2.38. The zero-order chi connectivity index (χ0) is 24.5. The Bertz CT molecular complexity index is 1100. The van der Waals surface area contributed by atoms with Gasteiger partial charge in [0.2, 0.25) is 0 Å². The van der Waals surface area contributed by atoms with Crippen LogP contribution in [0.15, 0.2) is 36.4 Å². The van der Waals surface area contributed by atoms with Crippen molar-refractivity contribution in [2.75, 3.05) is 6.61 Å². The molecule has 2 fully saturated rings. The van der Waals surface area contributed by atoms with Crippen LogP contribution in [0.25, 0.3) is 0 Å². The number of nitrogens with one attached hydrogen (secondary N) is 2. The molecule has 2 aliphatic rings. The van der Waals surface area contributed by atoms with Gasteiger partial charge >= 0.3 is 0 Å². The second kappa shape index (κ2) is 9.58. The molecule has 34 heavy (non-hydrogen) atoms. The Morgan fingerprint density at radius 1 is 1.18 bits per heavy atom. The highest BCUT2D eigenvalue weighted by Crippen LogP contribution is 2.38. The van der Waals surface area contributed by atoms with Gasteiger partial charge in [-0.25, -0.2) is 0 Å². The molecule has 1 unspecified atom stereocenters. The summed E-state index contributed by atoms with van der Waals surface area (Å²) in [5.41, 5.74) is 1.62. The molecule has 1 atom stereocenters. The first kappa shape index (κ1) is 24.5. The number of nitrogens with zero attached hydrogens (tertiary/aromatic N) is 1. The first-order chi connectivity index (χ1) is 16.1. The molecule has 0 aliphatic carbocycles. The Morgan fingerprint density at radius 2 is 1.91 bits per heavy atom. The number of hydrogen-bond donors (Lipinski definition) is 2. The van der Waals surface area contributed by atoms with Gasteiger partial charge in [-0.3, -0.25) is 4.79 Å². The van der Waals surface area contributed by atoms with Gasteiger partial charge in [0, 0.05) is 34.9 Å². The molecule has 0 bridgehead atoms. The molecule has 7 heteroatoms. The summed E-state index contributed by atoms with van der Waals surface area (Å²) in [7, 11) is 0. The summed E-state index contributed by atoms with van der Waals surface area (Å²) < 4.78 is 11.8. The maximum atomic E-state index is 13.0. The number of ether oxygens (including phenoxy) is 2. The summed E-state index contributed by atoms with van der Waals surface area (Å²) in [5.74, 6) is 0.655. The van der Waals surface area contributed by atoms with Crippen LogP contribution in [0, 0.1) is 11.3 Å². The third-order valence-electron chi connectivity index (χ3n) is 6.39. The van der Waals surface area contributed by atoms with E-state index in [1.165, 1.54) is 0 Å². The predicted octanol–water partition coefficient (Wildman–Crippen LogP) is 5.89. The molecule has 0 radical (unpaired) electrons. The van der Waals surface area contributed by atoms with E-state index in [0.717, 1.165) is 31.2 Å². The van der Waals surface area contributed by atoms with Gasteiger partial charge in [0.05, 0.1) is 11.1 Å². The fraction of sp³-hybridized carbons (Fsp3) is 0.481. The number of rotatable bonds is 5. The van der Waals surface area contributed by atoms with Crippen LogP contribution in [0.2, 0.25) is 5.02 Å². The fourth-order valence-electron chi connectivity index (χ4n) is 5.38. The Hall–Kier alpha value is -2.59. The van der Waals surface area contributed by atoms with E-state index in [9.17, 15) is 10.1 Å². The summed E-state index contributed by atoms with van der Waals surface area (Å²) >= 11 is 6.50. The quantitative estimate of drug-likeness (QED) is 0.556. The second-order valence-corrected chi connectivity index (χ2v) is 11.0. The van der Waals surface area contributed by atoms with E-state index >= 15 is 0 Å². The Balaban J connectivity index is 1.49. The van der Waals surface area contributed by atoms with Gasteiger partial charge in [-0.1, -0.05) is 23.7 Å².